The molecule has 0 fully saturated rings. The summed E-state index contributed by atoms with van der Waals surface area (Å²) in [5, 5.41) is 3.58. The van der Waals surface area contributed by atoms with Crippen molar-refractivity contribution in [2.75, 3.05) is 18.5 Å². The zero-order chi connectivity index (χ0) is 21.1. The second-order valence-corrected chi connectivity index (χ2v) is 8.21. The Morgan fingerprint density at radius 1 is 1.17 bits per heavy atom. The third kappa shape index (κ3) is 4.47. The van der Waals surface area contributed by atoms with Crippen LogP contribution in [0.2, 0.25) is 5.02 Å². The number of Topliss-reactive ketones (excluding diaryl/α,β-unsaturated/α-hetero) is 1. The minimum atomic E-state index is -0.260. The lowest BCUT2D eigenvalue weighted by Crippen LogP contribution is -2.14. The molecule has 0 atom stereocenters. The van der Waals surface area contributed by atoms with Crippen LogP contribution in [0.4, 0.5) is 5.13 Å². The second kappa shape index (κ2) is 8.85. The lowest BCUT2D eigenvalue weighted by molar-refractivity contribution is -0.115. The van der Waals surface area contributed by atoms with Gasteiger partial charge in [0.1, 0.15) is 0 Å². The smallest absolute Gasteiger partial charge is 0.230 e. The molecule has 0 saturated heterocycles. The van der Waals surface area contributed by atoms with Crippen LogP contribution in [-0.4, -0.2) is 29.9 Å². The molecular formula is C22H19ClN2O4S. The number of anilines is 1. The van der Waals surface area contributed by atoms with Gasteiger partial charge in [0.2, 0.25) is 5.91 Å². The average Bonchev–Trinajstić information content (AvgIpc) is 2.99. The molecule has 8 heteroatoms. The fourth-order valence-electron chi connectivity index (χ4n) is 3.14. The summed E-state index contributed by atoms with van der Waals surface area (Å²) in [5.41, 5.74) is 2.10. The third-order valence-electron chi connectivity index (χ3n) is 4.47. The summed E-state index contributed by atoms with van der Waals surface area (Å²) in [6.07, 6.45) is 0.860. The van der Waals surface area contributed by atoms with Crippen LogP contribution in [-0.2, 0) is 11.2 Å². The number of amides is 1. The third-order valence-corrected chi connectivity index (χ3v) is 5.82. The lowest BCUT2D eigenvalue weighted by Gasteiger charge is -2.11. The van der Waals surface area contributed by atoms with Crippen LogP contribution in [0.15, 0.2) is 42.5 Å². The van der Waals surface area contributed by atoms with E-state index in [1.165, 1.54) is 18.3 Å². The maximum absolute atomic E-state index is 12.6. The highest BCUT2D eigenvalue weighted by Crippen LogP contribution is 2.38. The molecule has 1 amide bonds. The molecule has 30 heavy (non-hydrogen) atoms. The van der Waals surface area contributed by atoms with E-state index in [9.17, 15) is 9.59 Å². The Morgan fingerprint density at radius 2 is 1.93 bits per heavy atom. The number of carbonyl (C=O) groups excluding carboxylic acids is 2. The van der Waals surface area contributed by atoms with E-state index < -0.39 is 0 Å². The van der Waals surface area contributed by atoms with E-state index in [4.69, 9.17) is 21.1 Å². The van der Waals surface area contributed by atoms with Gasteiger partial charge in [0.05, 0.1) is 35.2 Å². The Kier molecular flexibility index (Phi) is 6.01. The number of hydrogen-bond donors (Lipinski definition) is 1. The van der Waals surface area contributed by atoms with Crippen LogP contribution >= 0.6 is 22.9 Å². The van der Waals surface area contributed by atoms with E-state index in [0.29, 0.717) is 51.0 Å². The van der Waals surface area contributed by atoms with Crippen molar-refractivity contribution in [1.82, 2.24) is 4.98 Å². The maximum atomic E-state index is 12.6. The van der Waals surface area contributed by atoms with E-state index in [2.05, 4.69) is 10.3 Å². The highest BCUT2D eigenvalue weighted by Gasteiger charge is 2.20. The van der Waals surface area contributed by atoms with Crippen molar-refractivity contribution in [2.24, 2.45) is 0 Å². The molecule has 6 nitrogen and oxygen atoms in total. The number of rotatable bonds is 5. The maximum Gasteiger partial charge on any atom is 0.230 e. The van der Waals surface area contributed by atoms with Gasteiger partial charge in [-0.25, -0.2) is 4.98 Å². The quantitative estimate of drug-likeness (QED) is 0.562. The Morgan fingerprint density at radius 3 is 2.70 bits per heavy atom. The largest absolute Gasteiger partial charge is 0.489 e. The van der Waals surface area contributed by atoms with Crippen molar-refractivity contribution in [3.63, 3.8) is 0 Å². The standard InChI is InChI=1S/C22H19ClN2O4S/c1-13(26)21-19(15-6-3-2-4-7-15)25-22(30-21)24-18(27)12-14-10-16(23)20-17(11-14)28-8-5-9-29-20/h2-4,6-7,10-11H,5,8-9,12H2,1H3,(H,24,25,27). The summed E-state index contributed by atoms with van der Waals surface area (Å²) >= 11 is 7.47. The Labute approximate surface area is 182 Å². The molecule has 2 heterocycles. The molecule has 154 valence electrons. The van der Waals surface area contributed by atoms with Gasteiger partial charge in [-0.3, -0.25) is 9.59 Å². The Bertz CT molecular complexity index is 1100. The van der Waals surface area contributed by atoms with Crippen molar-refractivity contribution in [3.05, 3.63) is 57.9 Å². The fourth-order valence-corrected chi connectivity index (χ4v) is 4.33. The average molecular weight is 443 g/mol. The van der Waals surface area contributed by atoms with Gasteiger partial charge >= 0.3 is 0 Å². The van der Waals surface area contributed by atoms with E-state index >= 15 is 0 Å². The number of ketones is 1. The number of thiazole rings is 1. The van der Waals surface area contributed by atoms with E-state index in [0.717, 1.165) is 12.0 Å². The summed E-state index contributed by atoms with van der Waals surface area (Å²) in [4.78, 5) is 29.6. The SMILES string of the molecule is CC(=O)c1sc(NC(=O)Cc2cc(Cl)c3c(c2)OCCCO3)nc1-c1ccccc1. The van der Waals surface area contributed by atoms with Crippen LogP contribution in [0, 0.1) is 0 Å². The molecule has 1 aliphatic rings. The van der Waals surface area contributed by atoms with Gasteiger partial charge in [0.25, 0.3) is 0 Å². The van der Waals surface area contributed by atoms with Gasteiger partial charge in [0.15, 0.2) is 22.4 Å². The monoisotopic (exact) mass is 442 g/mol. The number of fused-ring (bicyclic) bond motifs is 1. The topological polar surface area (TPSA) is 77.5 Å². The number of nitrogens with one attached hydrogen (secondary N) is 1. The van der Waals surface area contributed by atoms with Crippen molar-refractivity contribution >= 4 is 39.8 Å². The molecule has 0 unspecified atom stereocenters. The van der Waals surface area contributed by atoms with Gasteiger partial charge in [-0.05, 0) is 17.7 Å². The molecule has 1 aromatic heterocycles. The summed E-state index contributed by atoms with van der Waals surface area (Å²) in [6, 6.07) is 12.9. The summed E-state index contributed by atoms with van der Waals surface area (Å²) in [7, 11) is 0. The van der Waals surface area contributed by atoms with Crippen LogP contribution in [0.25, 0.3) is 11.3 Å². The molecule has 1 aliphatic heterocycles. The normalized spacial score (nSPS) is 12.9. The van der Waals surface area contributed by atoms with Gasteiger partial charge in [-0.2, -0.15) is 0 Å². The molecule has 1 N–H and O–H groups in total. The molecule has 0 bridgehead atoms. The van der Waals surface area contributed by atoms with E-state index in [1.54, 1.807) is 12.1 Å². The van der Waals surface area contributed by atoms with Crippen LogP contribution in [0.1, 0.15) is 28.6 Å². The van der Waals surface area contributed by atoms with Gasteiger partial charge in [-0.15, -0.1) is 0 Å². The predicted molar refractivity (Wildman–Crippen MR) is 117 cm³/mol. The van der Waals surface area contributed by atoms with Gasteiger partial charge in [0, 0.05) is 18.9 Å². The molecule has 2 aromatic carbocycles. The number of halogens is 1. The van der Waals surface area contributed by atoms with Crippen molar-refractivity contribution in [1.29, 1.82) is 0 Å². The molecule has 0 spiro atoms. The molecule has 3 aromatic rings. The van der Waals surface area contributed by atoms with Gasteiger partial charge < -0.3 is 14.8 Å². The first-order valence-electron chi connectivity index (χ1n) is 9.46. The lowest BCUT2D eigenvalue weighted by atomic mass is 10.1. The van der Waals surface area contributed by atoms with Crippen molar-refractivity contribution in [2.45, 2.75) is 19.8 Å². The Hall–Kier alpha value is -2.90. The summed E-state index contributed by atoms with van der Waals surface area (Å²) < 4.78 is 11.3. The first kappa shape index (κ1) is 20.4. The van der Waals surface area contributed by atoms with E-state index in [-0.39, 0.29) is 18.1 Å². The number of carbonyl (C=O) groups is 2. The summed E-state index contributed by atoms with van der Waals surface area (Å²) in [5.74, 6) is 0.699. The first-order valence-corrected chi connectivity index (χ1v) is 10.7. The molecule has 0 radical (unpaired) electrons. The van der Waals surface area contributed by atoms with Crippen molar-refractivity contribution in [3.8, 4) is 22.8 Å². The van der Waals surface area contributed by atoms with E-state index in [1.807, 2.05) is 30.3 Å². The molecule has 0 saturated carbocycles. The number of aromatic nitrogens is 1. The minimum Gasteiger partial charge on any atom is -0.489 e. The molecule has 0 aliphatic carbocycles. The van der Waals surface area contributed by atoms with Crippen LogP contribution in [0.3, 0.4) is 0 Å². The van der Waals surface area contributed by atoms with Crippen LogP contribution < -0.4 is 14.8 Å². The van der Waals surface area contributed by atoms with Crippen LogP contribution in [0.5, 0.6) is 11.5 Å². The second-order valence-electron chi connectivity index (χ2n) is 6.80. The number of ether oxygens (including phenoxy) is 2. The van der Waals surface area contributed by atoms with Crippen molar-refractivity contribution < 1.29 is 19.1 Å². The molecular weight excluding hydrogens is 424 g/mol. The highest BCUT2D eigenvalue weighted by molar-refractivity contribution is 7.18. The molecule has 4 rings (SSSR count). The zero-order valence-electron chi connectivity index (χ0n) is 16.2. The summed E-state index contributed by atoms with van der Waals surface area (Å²) in [6.45, 7) is 2.57. The number of nitrogens with zero attached hydrogens (tertiary/aromatic N) is 1. The van der Waals surface area contributed by atoms with Gasteiger partial charge in [-0.1, -0.05) is 53.3 Å². The zero-order valence-corrected chi connectivity index (χ0v) is 17.8. The predicted octanol–water partition coefficient (Wildman–Crippen LogP) is 5.01. The minimum absolute atomic E-state index is 0.0893. The number of hydrogen-bond acceptors (Lipinski definition) is 6. The Balaban J connectivity index is 1.53. The number of benzene rings is 2. The highest BCUT2D eigenvalue weighted by atomic mass is 35.5. The fraction of sp³-hybridized carbons (Fsp3) is 0.227. The first-order chi connectivity index (χ1) is 14.5.